The van der Waals surface area contributed by atoms with Gasteiger partial charge in [0, 0.05) is 29.7 Å². The third-order valence-electron chi connectivity index (χ3n) is 4.91. The van der Waals surface area contributed by atoms with Crippen LogP contribution in [-0.4, -0.2) is 35.0 Å². The van der Waals surface area contributed by atoms with Gasteiger partial charge in [-0.1, -0.05) is 6.92 Å². The Morgan fingerprint density at radius 1 is 1.43 bits per heavy atom. The van der Waals surface area contributed by atoms with E-state index < -0.39 is 0 Å². The standard InChI is InChI=1S/C16H23NOS3/c1-11-8-14(13-3-6-20-15(13)21-11)17-12-2-5-18-16(9-12)4-7-19-10-16/h3,6,11-12,14,17H,2,4-5,7-10H2,1H3/t11-,12?,14?,16?/m0/s1. The molecule has 1 aromatic rings. The number of hydrogen-bond acceptors (Lipinski definition) is 5. The second-order valence-electron chi connectivity index (χ2n) is 6.57. The highest BCUT2D eigenvalue weighted by molar-refractivity contribution is 8.01. The summed E-state index contributed by atoms with van der Waals surface area (Å²) in [6, 6.07) is 3.51. The summed E-state index contributed by atoms with van der Waals surface area (Å²) in [6.07, 6.45) is 4.88. The van der Waals surface area contributed by atoms with Gasteiger partial charge in [-0.3, -0.25) is 0 Å². The summed E-state index contributed by atoms with van der Waals surface area (Å²) in [5.41, 5.74) is 1.73. The molecule has 3 aliphatic heterocycles. The molecule has 1 spiro atoms. The minimum atomic E-state index is 0.188. The van der Waals surface area contributed by atoms with E-state index in [1.165, 1.54) is 41.4 Å². The van der Waals surface area contributed by atoms with Gasteiger partial charge in [0.1, 0.15) is 0 Å². The van der Waals surface area contributed by atoms with E-state index >= 15 is 0 Å². The minimum Gasteiger partial charge on any atom is -0.374 e. The lowest BCUT2D eigenvalue weighted by Crippen LogP contribution is -2.48. The van der Waals surface area contributed by atoms with Crippen LogP contribution in [0.1, 0.15) is 44.2 Å². The number of rotatable bonds is 2. The molecule has 0 bridgehead atoms. The lowest BCUT2D eigenvalue weighted by molar-refractivity contribution is -0.0715. The first kappa shape index (κ1) is 14.9. The van der Waals surface area contributed by atoms with Gasteiger partial charge in [0.2, 0.25) is 0 Å². The van der Waals surface area contributed by atoms with E-state index in [0.29, 0.717) is 12.1 Å². The number of thiophene rings is 1. The van der Waals surface area contributed by atoms with Crippen molar-refractivity contribution in [1.29, 1.82) is 0 Å². The van der Waals surface area contributed by atoms with Crippen LogP contribution in [0.4, 0.5) is 0 Å². The van der Waals surface area contributed by atoms with Crippen molar-refractivity contribution in [1.82, 2.24) is 5.32 Å². The molecular formula is C16H23NOS3. The molecule has 4 heterocycles. The summed E-state index contributed by atoms with van der Waals surface area (Å²) in [7, 11) is 0. The fourth-order valence-electron chi connectivity index (χ4n) is 3.82. The summed E-state index contributed by atoms with van der Waals surface area (Å²) >= 11 is 6.03. The maximum absolute atomic E-state index is 6.16. The van der Waals surface area contributed by atoms with Crippen molar-refractivity contribution in [2.24, 2.45) is 0 Å². The molecule has 116 valence electrons. The zero-order valence-corrected chi connectivity index (χ0v) is 14.9. The Kier molecular flexibility index (Phi) is 4.31. The average molecular weight is 342 g/mol. The van der Waals surface area contributed by atoms with Gasteiger partial charge in [-0.2, -0.15) is 11.8 Å². The third-order valence-corrected chi connectivity index (χ3v) is 8.47. The summed E-state index contributed by atoms with van der Waals surface area (Å²) < 4.78 is 7.69. The van der Waals surface area contributed by atoms with E-state index in [1.54, 1.807) is 5.56 Å². The van der Waals surface area contributed by atoms with Gasteiger partial charge >= 0.3 is 0 Å². The Hall–Kier alpha value is 0.320. The quantitative estimate of drug-likeness (QED) is 0.864. The van der Waals surface area contributed by atoms with Crippen LogP contribution in [0.15, 0.2) is 15.7 Å². The van der Waals surface area contributed by atoms with E-state index in [1.807, 2.05) is 11.3 Å². The fourth-order valence-corrected chi connectivity index (χ4v) is 7.77. The van der Waals surface area contributed by atoms with Crippen LogP contribution >= 0.6 is 34.9 Å². The Labute approximate surface area is 139 Å². The molecule has 0 aliphatic carbocycles. The van der Waals surface area contributed by atoms with Gasteiger partial charge in [0.15, 0.2) is 0 Å². The molecule has 21 heavy (non-hydrogen) atoms. The van der Waals surface area contributed by atoms with E-state index in [-0.39, 0.29) is 5.60 Å². The maximum atomic E-state index is 6.16. The van der Waals surface area contributed by atoms with Crippen LogP contribution in [0.5, 0.6) is 0 Å². The molecule has 1 aromatic heterocycles. The molecule has 0 amide bonds. The highest BCUT2D eigenvalue weighted by Gasteiger charge is 2.41. The Balaban J connectivity index is 1.46. The lowest BCUT2D eigenvalue weighted by atomic mass is 9.89. The number of thioether (sulfide) groups is 2. The van der Waals surface area contributed by atoms with Crippen LogP contribution in [0.25, 0.3) is 0 Å². The van der Waals surface area contributed by atoms with Gasteiger partial charge in [-0.25, -0.2) is 0 Å². The van der Waals surface area contributed by atoms with Crippen molar-refractivity contribution in [2.75, 3.05) is 18.1 Å². The summed E-state index contributed by atoms with van der Waals surface area (Å²) in [6.45, 7) is 3.30. The van der Waals surface area contributed by atoms with Crippen LogP contribution in [0.3, 0.4) is 0 Å². The monoisotopic (exact) mass is 341 g/mol. The van der Waals surface area contributed by atoms with E-state index in [9.17, 15) is 0 Å². The second kappa shape index (κ2) is 6.08. The Morgan fingerprint density at radius 3 is 3.24 bits per heavy atom. The molecular weight excluding hydrogens is 318 g/mol. The first-order valence-corrected chi connectivity index (χ1v) is 10.9. The highest BCUT2D eigenvalue weighted by atomic mass is 32.2. The molecule has 4 rings (SSSR count). The van der Waals surface area contributed by atoms with E-state index in [4.69, 9.17) is 4.74 Å². The van der Waals surface area contributed by atoms with Crippen molar-refractivity contribution in [3.8, 4) is 0 Å². The third kappa shape index (κ3) is 3.05. The molecule has 1 N–H and O–H groups in total. The molecule has 2 nitrogen and oxygen atoms in total. The smallest absolute Gasteiger partial charge is 0.0795 e. The number of fused-ring (bicyclic) bond motifs is 1. The van der Waals surface area contributed by atoms with Crippen LogP contribution in [0.2, 0.25) is 0 Å². The summed E-state index contributed by atoms with van der Waals surface area (Å²) in [5.74, 6) is 2.48. The van der Waals surface area contributed by atoms with Crippen LogP contribution in [0, 0.1) is 0 Å². The van der Waals surface area contributed by atoms with E-state index in [0.717, 1.165) is 11.9 Å². The molecule has 4 atom stereocenters. The second-order valence-corrected chi connectivity index (χ2v) is 10.3. The average Bonchev–Trinajstić information content (AvgIpc) is 3.08. The number of hydrogen-bond donors (Lipinski definition) is 1. The molecule has 0 saturated carbocycles. The first-order valence-electron chi connectivity index (χ1n) is 7.96. The maximum Gasteiger partial charge on any atom is 0.0795 e. The predicted octanol–water partition coefficient (Wildman–Crippen LogP) is 4.32. The summed E-state index contributed by atoms with van der Waals surface area (Å²) in [5, 5.41) is 6.97. The fraction of sp³-hybridized carbons (Fsp3) is 0.750. The molecule has 3 unspecified atom stereocenters. The number of ether oxygens (including phenoxy) is 1. The lowest BCUT2D eigenvalue weighted by Gasteiger charge is -2.40. The molecule has 3 aliphatic rings. The van der Waals surface area contributed by atoms with Gasteiger partial charge < -0.3 is 10.1 Å². The van der Waals surface area contributed by atoms with Crippen molar-refractivity contribution in [2.45, 2.75) is 59.8 Å². The minimum absolute atomic E-state index is 0.188. The molecule has 5 heteroatoms. The SMILES string of the molecule is C[C@H]1CC(NC2CCOC3(CCSC3)C2)c2ccsc2S1. The van der Waals surface area contributed by atoms with Crippen molar-refractivity contribution < 1.29 is 4.74 Å². The van der Waals surface area contributed by atoms with E-state index in [2.05, 4.69) is 47.2 Å². The zero-order valence-electron chi connectivity index (χ0n) is 12.5. The molecule has 2 saturated heterocycles. The van der Waals surface area contributed by atoms with Crippen LogP contribution in [-0.2, 0) is 4.74 Å². The largest absolute Gasteiger partial charge is 0.374 e. The van der Waals surface area contributed by atoms with Crippen LogP contribution < -0.4 is 5.32 Å². The number of nitrogens with one attached hydrogen (secondary N) is 1. The van der Waals surface area contributed by atoms with Gasteiger partial charge in [-0.15, -0.1) is 23.1 Å². The predicted molar refractivity (Wildman–Crippen MR) is 93.8 cm³/mol. The topological polar surface area (TPSA) is 21.3 Å². The van der Waals surface area contributed by atoms with Gasteiger partial charge in [-0.05, 0) is 48.4 Å². The molecule has 2 fully saturated rings. The molecule has 0 aromatic carbocycles. The first-order chi connectivity index (χ1) is 10.2. The summed E-state index contributed by atoms with van der Waals surface area (Å²) in [4.78, 5) is 0. The van der Waals surface area contributed by atoms with Gasteiger partial charge in [0.25, 0.3) is 0 Å². The van der Waals surface area contributed by atoms with Gasteiger partial charge in [0.05, 0.1) is 9.81 Å². The Bertz CT molecular complexity index is 497. The van der Waals surface area contributed by atoms with Crippen molar-refractivity contribution in [3.05, 3.63) is 17.0 Å². The highest BCUT2D eigenvalue weighted by Crippen LogP contribution is 2.45. The zero-order chi connectivity index (χ0) is 14.3. The van der Waals surface area contributed by atoms with Crippen molar-refractivity contribution >= 4 is 34.9 Å². The van der Waals surface area contributed by atoms with Crippen molar-refractivity contribution in [3.63, 3.8) is 0 Å². The Morgan fingerprint density at radius 2 is 2.38 bits per heavy atom. The normalized spacial score (nSPS) is 39.6. The molecule has 0 radical (unpaired) electrons.